The van der Waals surface area contributed by atoms with Crippen LogP contribution >= 0.6 is 0 Å². The first-order valence-electron chi connectivity index (χ1n) is 7.75. The molecule has 0 aliphatic carbocycles. The number of nitrogens with one attached hydrogen (secondary N) is 1. The van der Waals surface area contributed by atoms with E-state index in [1.807, 2.05) is 17.0 Å². The molecule has 0 saturated carbocycles. The molecule has 1 aliphatic heterocycles. The average molecular weight is 274 g/mol. The lowest BCUT2D eigenvalue weighted by atomic mass is 10.0. The Hall–Kier alpha value is -1.35. The molecule has 1 amide bonds. The summed E-state index contributed by atoms with van der Waals surface area (Å²) in [7, 11) is 0. The van der Waals surface area contributed by atoms with Crippen molar-refractivity contribution in [3.8, 4) is 0 Å². The van der Waals surface area contributed by atoms with Gasteiger partial charge in [0, 0.05) is 24.7 Å². The number of nitrogens with zero attached hydrogens (tertiary/aromatic N) is 1. The summed E-state index contributed by atoms with van der Waals surface area (Å²) in [6.07, 6.45) is 2.26. The number of hydrogen-bond donors (Lipinski definition) is 1. The van der Waals surface area contributed by atoms with E-state index in [4.69, 9.17) is 0 Å². The molecule has 1 aliphatic rings. The van der Waals surface area contributed by atoms with Gasteiger partial charge in [0.15, 0.2) is 0 Å². The van der Waals surface area contributed by atoms with E-state index in [0.717, 1.165) is 38.0 Å². The Morgan fingerprint density at radius 3 is 2.55 bits per heavy atom. The first kappa shape index (κ1) is 15.0. The Kier molecular flexibility index (Phi) is 5.18. The Bertz CT molecular complexity index is 433. The second-order valence-corrected chi connectivity index (χ2v) is 5.87. The molecule has 2 rings (SSSR count). The highest BCUT2D eigenvalue weighted by Gasteiger charge is 2.24. The summed E-state index contributed by atoms with van der Waals surface area (Å²) in [5.74, 6) is 0.667. The molecule has 0 spiro atoms. The van der Waals surface area contributed by atoms with E-state index in [2.05, 4.69) is 38.2 Å². The quantitative estimate of drug-likeness (QED) is 0.915. The third-order valence-electron chi connectivity index (χ3n) is 4.14. The van der Waals surface area contributed by atoms with Crippen LogP contribution in [0, 0.1) is 0 Å². The van der Waals surface area contributed by atoms with Crippen molar-refractivity contribution in [2.24, 2.45) is 0 Å². The van der Waals surface area contributed by atoms with Crippen molar-refractivity contribution in [2.45, 2.75) is 45.6 Å². The van der Waals surface area contributed by atoms with Gasteiger partial charge in [-0.1, -0.05) is 26.0 Å². The fraction of sp³-hybridized carbons (Fsp3) is 0.588. The fourth-order valence-corrected chi connectivity index (χ4v) is 2.84. The van der Waals surface area contributed by atoms with Crippen LogP contribution < -0.4 is 5.32 Å². The molecule has 110 valence electrons. The summed E-state index contributed by atoms with van der Waals surface area (Å²) >= 11 is 0. The van der Waals surface area contributed by atoms with Gasteiger partial charge in [0.1, 0.15) is 0 Å². The van der Waals surface area contributed by atoms with E-state index in [-0.39, 0.29) is 5.91 Å². The van der Waals surface area contributed by atoms with E-state index in [0.29, 0.717) is 12.0 Å². The molecule has 1 unspecified atom stereocenters. The van der Waals surface area contributed by atoms with Crippen molar-refractivity contribution in [3.05, 3.63) is 35.4 Å². The second kappa shape index (κ2) is 6.89. The average Bonchev–Trinajstić information content (AvgIpc) is 2.49. The van der Waals surface area contributed by atoms with Crippen molar-refractivity contribution in [1.82, 2.24) is 10.2 Å². The molecule has 20 heavy (non-hydrogen) atoms. The van der Waals surface area contributed by atoms with Gasteiger partial charge in [0.2, 0.25) is 0 Å². The van der Waals surface area contributed by atoms with Crippen LogP contribution in [0.15, 0.2) is 24.3 Å². The SMILES string of the molecule is CCN(C(=O)c1ccc(C(C)C)cc1)C1CCCNC1. The topological polar surface area (TPSA) is 32.3 Å². The first-order valence-corrected chi connectivity index (χ1v) is 7.75. The molecule has 1 fully saturated rings. The van der Waals surface area contributed by atoms with Gasteiger partial charge >= 0.3 is 0 Å². The number of benzene rings is 1. The van der Waals surface area contributed by atoms with Crippen molar-refractivity contribution >= 4 is 5.91 Å². The van der Waals surface area contributed by atoms with E-state index in [1.54, 1.807) is 0 Å². The van der Waals surface area contributed by atoms with Gasteiger partial charge in [-0.15, -0.1) is 0 Å². The highest BCUT2D eigenvalue weighted by Crippen LogP contribution is 2.18. The Morgan fingerprint density at radius 2 is 2.05 bits per heavy atom. The highest BCUT2D eigenvalue weighted by atomic mass is 16.2. The molecule has 3 nitrogen and oxygen atoms in total. The van der Waals surface area contributed by atoms with E-state index in [1.165, 1.54) is 5.56 Å². The van der Waals surface area contributed by atoms with Gasteiger partial charge in [-0.25, -0.2) is 0 Å². The van der Waals surface area contributed by atoms with Crippen LogP contribution in [0.1, 0.15) is 55.5 Å². The van der Waals surface area contributed by atoms with Crippen LogP contribution in [0.2, 0.25) is 0 Å². The van der Waals surface area contributed by atoms with Crippen molar-refractivity contribution in [1.29, 1.82) is 0 Å². The predicted octanol–water partition coefficient (Wildman–Crippen LogP) is 3.02. The van der Waals surface area contributed by atoms with Crippen molar-refractivity contribution in [2.75, 3.05) is 19.6 Å². The van der Waals surface area contributed by atoms with Crippen LogP contribution in [0.4, 0.5) is 0 Å². The minimum absolute atomic E-state index is 0.163. The molecule has 1 saturated heterocycles. The molecule has 1 aromatic rings. The van der Waals surface area contributed by atoms with Crippen molar-refractivity contribution < 1.29 is 4.79 Å². The van der Waals surface area contributed by atoms with Crippen LogP contribution in [0.5, 0.6) is 0 Å². The lowest BCUT2D eigenvalue weighted by molar-refractivity contribution is 0.0662. The Morgan fingerprint density at radius 1 is 1.35 bits per heavy atom. The van der Waals surface area contributed by atoms with E-state index >= 15 is 0 Å². The van der Waals surface area contributed by atoms with Gasteiger partial charge in [-0.2, -0.15) is 0 Å². The zero-order chi connectivity index (χ0) is 14.5. The largest absolute Gasteiger partial charge is 0.335 e. The van der Waals surface area contributed by atoms with Crippen LogP contribution in [0.25, 0.3) is 0 Å². The van der Waals surface area contributed by atoms with Gasteiger partial charge in [-0.3, -0.25) is 4.79 Å². The normalized spacial score (nSPS) is 19.1. The summed E-state index contributed by atoms with van der Waals surface area (Å²) in [5, 5.41) is 3.39. The summed E-state index contributed by atoms with van der Waals surface area (Å²) in [6.45, 7) is 9.17. The number of amides is 1. The number of likely N-dealkylation sites (N-methyl/N-ethyl adjacent to an activating group) is 1. The van der Waals surface area contributed by atoms with Gasteiger partial charge in [0.05, 0.1) is 0 Å². The zero-order valence-electron chi connectivity index (χ0n) is 12.9. The third kappa shape index (κ3) is 3.40. The number of carbonyl (C=O) groups is 1. The predicted molar refractivity (Wildman–Crippen MR) is 83.1 cm³/mol. The van der Waals surface area contributed by atoms with Crippen LogP contribution in [-0.2, 0) is 0 Å². The monoisotopic (exact) mass is 274 g/mol. The molecule has 1 heterocycles. The van der Waals surface area contributed by atoms with E-state index < -0.39 is 0 Å². The Labute approximate surface area is 122 Å². The molecule has 1 atom stereocenters. The molecule has 1 N–H and O–H groups in total. The van der Waals surface area contributed by atoms with Gasteiger partial charge in [0.25, 0.3) is 5.91 Å². The zero-order valence-corrected chi connectivity index (χ0v) is 12.9. The molecule has 1 aromatic carbocycles. The highest BCUT2D eigenvalue weighted by molar-refractivity contribution is 5.94. The second-order valence-electron chi connectivity index (χ2n) is 5.87. The minimum Gasteiger partial charge on any atom is -0.335 e. The fourth-order valence-electron chi connectivity index (χ4n) is 2.84. The Balaban J connectivity index is 2.11. The molecular weight excluding hydrogens is 248 g/mol. The molecule has 3 heteroatoms. The lowest BCUT2D eigenvalue weighted by Crippen LogP contribution is -2.48. The summed E-state index contributed by atoms with van der Waals surface area (Å²) in [4.78, 5) is 14.7. The summed E-state index contributed by atoms with van der Waals surface area (Å²) < 4.78 is 0. The third-order valence-corrected chi connectivity index (χ3v) is 4.14. The minimum atomic E-state index is 0.163. The summed E-state index contributed by atoms with van der Waals surface area (Å²) in [5.41, 5.74) is 2.09. The van der Waals surface area contributed by atoms with Gasteiger partial charge in [-0.05, 0) is 49.9 Å². The van der Waals surface area contributed by atoms with E-state index in [9.17, 15) is 4.79 Å². The number of hydrogen-bond acceptors (Lipinski definition) is 2. The van der Waals surface area contributed by atoms with Crippen LogP contribution in [0.3, 0.4) is 0 Å². The molecule has 0 radical (unpaired) electrons. The maximum absolute atomic E-state index is 12.7. The first-order chi connectivity index (χ1) is 9.63. The smallest absolute Gasteiger partial charge is 0.254 e. The number of piperidine rings is 1. The number of carbonyl (C=O) groups excluding carboxylic acids is 1. The molecule has 0 aromatic heterocycles. The summed E-state index contributed by atoms with van der Waals surface area (Å²) in [6, 6.07) is 8.43. The number of rotatable bonds is 4. The lowest BCUT2D eigenvalue weighted by Gasteiger charge is -2.34. The molecular formula is C17H26N2O. The van der Waals surface area contributed by atoms with Crippen LogP contribution in [-0.4, -0.2) is 36.5 Å². The molecule has 0 bridgehead atoms. The van der Waals surface area contributed by atoms with Crippen molar-refractivity contribution in [3.63, 3.8) is 0 Å². The van der Waals surface area contributed by atoms with Gasteiger partial charge < -0.3 is 10.2 Å². The maximum atomic E-state index is 12.7. The maximum Gasteiger partial charge on any atom is 0.254 e. The standard InChI is InChI=1S/C17H26N2O/c1-4-19(16-6-5-11-18-12-16)17(20)15-9-7-14(8-10-15)13(2)3/h7-10,13,16,18H,4-6,11-12H2,1-3H3.